The van der Waals surface area contributed by atoms with Crippen LogP contribution in [-0.2, 0) is 11.2 Å². The fourth-order valence-corrected chi connectivity index (χ4v) is 5.50. The van der Waals surface area contributed by atoms with Crippen molar-refractivity contribution in [2.45, 2.75) is 44.2 Å². The van der Waals surface area contributed by atoms with Crippen molar-refractivity contribution < 1.29 is 9.21 Å². The van der Waals surface area contributed by atoms with Crippen LogP contribution in [0.5, 0.6) is 0 Å². The molecule has 0 radical (unpaired) electrons. The number of piperidine rings is 1. The average Bonchev–Trinajstić information content (AvgIpc) is 3.24. The molecular formula is C26H27N5O2. The van der Waals surface area contributed by atoms with Crippen molar-refractivity contribution in [3.8, 4) is 0 Å². The van der Waals surface area contributed by atoms with E-state index in [9.17, 15) is 4.79 Å². The lowest BCUT2D eigenvalue weighted by Gasteiger charge is -2.49. The minimum atomic E-state index is -0.780. The van der Waals surface area contributed by atoms with Crippen LogP contribution >= 0.6 is 0 Å². The van der Waals surface area contributed by atoms with E-state index in [1.165, 1.54) is 12.8 Å². The molecule has 168 valence electrons. The monoisotopic (exact) mass is 441 g/mol. The molecule has 2 fully saturated rings. The molecule has 2 N–H and O–H groups in total. The third kappa shape index (κ3) is 3.86. The molecule has 1 spiro atoms. The molecule has 2 aromatic carbocycles. The van der Waals surface area contributed by atoms with Gasteiger partial charge in [-0.15, -0.1) is 5.10 Å². The van der Waals surface area contributed by atoms with Gasteiger partial charge < -0.3 is 15.1 Å². The van der Waals surface area contributed by atoms with Crippen LogP contribution in [0.3, 0.4) is 0 Å². The zero-order valence-corrected chi connectivity index (χ0v) is 18.5. The molecule has 7 heteroatoms. The predicted octanol–water partition coefficient (Wildman–Crippen LogP) is 3.72. The first kappa shape index (κ1) is 20.3. The molecule has 1 aliphatic carbocycles. The van der Waals surface area contributed by atoms with Crippen molar-refractivity contribution in [3.63, 3.8) is 0 Å². The fourth-order valence-electron chi connectivity index (χ4n) is 5.50. The van der Waals surface area contributed by atoms with Crippen molar-refractivity contribution in [2.24, 2.45) is 10.4 Å². The van der Waals surface area contributed by atoms with E-state index in [4.69, 9.17) is 9.41 Å². The van der Waals surface area contributed by atoms with E-state index in [2.05, 4.69) is 20.8 Å². The quantitative estimate of drug-likeness (QED) is 0.641. The normalized spacial score (nSPS) is 22.2. The Bertz CT molecular complexity index is 1190. The van der Waals surface area contributed by atoms with Gasteiger partial charge in [-0.3, -0.25) is 9.79 Å². The topological polar surface area (TPSA) is 92.4 Å². The summed E-state index contributed by atoms with van der Waals surface area (Å²) in [6, 6.07) is 18.2. The van der Waals surface area contributed by atoms with Crippen LogP contribution in [0.25, 0.3) is 0 Å². The standard InChI is InChI=1S/C26H27N5O2/c32-21-14-18-8-4-5-9-20(18)22(17-6-2-1-3-7-17)28-23(21)29-25-31-30-24(33-25)19-15-26(16-19)10-12-27-13-11-26/h1-9,19,23,27H,10-16H2,(H,29,31). The van der Waals surface area contributed by atoms with E-state index in [-0.39, 0.29) is 11.8 Å². The van der Waals surface area contributed by atoms with E-state index in [1.54, 1.807) is 0 Å². The smallest absolute Gasteiger partial charge is 0.317 e. The van der Waals surface area contributed by atoms with Gasteiger partial charge in [-0.05, 0) is 49.8 Å². The van der Waals surface area contributed by atoms with E-state index in [0.717, 1.165) is 48.3 Å². The lowest BCUT2D eigenvalue weighted by atomic mass is 9.58. The third-order valence-corrected chi connectivity index (χ3v) is 7.32. The number of aliphatic imine (C=N–C) groups is 1. The summed E-state index contributed by atoms with van der Waals surface area (Å²) in [5, 5.41) is 15.0. The molecule has 0 amide bonds. The summed E-state index contributed by atoms with van der Waals surface area (Å²) in [7, 11) is 0. The third-order valence-electron chi connectivity index (χ3n) is 7.32. The molecule has 33 heavy (non-hydrogen) atoms. The molecule has 3 aliphatic rings. The number of hydrogen-bond acceptors (Lipinski definition) is 7. The van der Waals surface area contributed by atoms with Gasteiger partial charge in [0.1, 0.15) is 0 Å². The molecule has 1 aromatic heterocycles. The fraction of sp³-hybridized carbons (Fsp3) is 0.385. The Kier molecular flexibility index (Phi) is 5.06. The summed E-state index contributed by atoms with van der Waals surface area (Å²) in [5.74, 6) is 0.951. The summed E-state index contributed by atoms with van der Waals surface area (Å²) in [5.41, 5.74) is 4.16. The van der Waals surface area contributed by atoms with Gasteiger partial charge in [0.15, 0.2) is 11.9 Å². The van der Waals surface area contributed by atoms with Gasteiger partial charge in [0, 0.05) is 23.5 Å². The number of rotatable bonds is 4. The molecule has 1 saturated heterocycles. The minimum absolute atomic E-state index is 0.0227. The number of hydrogen-bond donors (Lipinski definition) is 2. The highest BCUT2D eigenvalue weighted by atomic mass is 16.4. The Balaban J connectivity index is 1.24. The zero-order chi connectivity index (χ0) is 22.3. The molecule has 3 aromatic rings. The first-order valence-corrected chi connectivity index (χ1v) is 11.7. The molecule has 3 heterocycles. The maximum Gasteiger partial charge on any atom is 0.317 e. The van der Waals surface area contributed by atoms with E-state index < -0.39 is 6.17 Å². The van der Waals surface area contributed by atoms with Crippen molar-refractivity contribution in [1.29, 1.82) is 0 Å². The zero-order valence-electron chi connectivity index (χ0n) is 18.5. The number of anilines is 1. The minimum Gasteiger partial charge on any atom is -0.408 e. The summed E-state index contributed by atoms with van der Waals surface area (Å²) in [6.07, 6.45) is 4.16. The lowest BCUT2D eigenvalue weighted by Crippen LogP contribution is -2.44. The molecule has 6 rings (SSSR count). The molecular weight excluding hydrogens is 414 g/mol. The van der Waals surface area contributed by atoms with Gasteiger partial charge >= 0.3 is 6.01 Å². The van der Waals surface area contributed by atoms with Crippen molar-refractivity contribution >= 4 is 17.5 Å². The number of nitrogens with one attached hydrogen (secondary N) is 2. The Morgan fingerprint density at radius 2 is 1.73 bits per heavy atom. The van der Waals surface area contributed by atoms with Gasteiger partial charge in [0.2, 0.25) is 5.89 Å². The van der Waals surface area contributed by atoms with Crippen LogP contribution in [-0.4, -0.2) is 40.9 Å². The van der Waals surface area contributed by atoms with Crippen molar-refractivity contribution in [2.75, 3.05) is 18.4 Å². The number of ketones is 1. The number of benzene rings is 2. The largest absolute Gasteiger partial charge is 0.408 e. The molecule has 0 bridgehead atoms. The summed E-state index contributed by atoms with van der Waals surface area (Å²) < 4.78 is 5.96. The number of aromatic nitrogens is 2. The second kappa shape index (κ2) is 8.23. The lowest BCUT2D eigenvalue weighted by molar-refractivity contribution is -0.119. The van der Waals surface area contributed by atoms with Gasteiger partial charge in [-0.2, -0.15) is 0 Å². The van der Waals surface area contributed by atoms with Gasteiger partial charge in [-0.25, -0.2) is 0 Å². The van der Waals surface area contributed by atoms with Crippen LogP contribution in [0, 0.1) is 5.41 Å². The Labute approximate surface area is 192 Å². The summed E-state index contributed by atoms with van der Waals surface area (Å²) in [6.45, 7) is 2.19. The maximum atomic E-state index is 13.1. The molecule has 1 saturated carbocycles. The number of nitrogens with zero attached hydrogens (tertiary/aromatic N) is 3. The van der Waals surface area contributed by atoms with E-state index in [1.807, 2.05) is 54.6 Å². The SMILES string of the molecule is O=C1Cc2ccccc2C(c2ccccc2)=NC1Nc1nnc(C2CC3(CCNCC3)C2)o1. The molecule has 2 aliphatic heterocycles. The highest BCUT2D eigenvalue weighted by Gasteiger charge is 2.47. The second-order valence-corrected chi connectivity index (χ2v) is 9.49. The first-order valence-electron chi connectivity index (χ1n) is 11.7. The average molecular weight is 442 g/mol. The van der Waals surface area contributed by atoms with Crippen molar-refractivity contribution in [3.05, 3.63) is 77.2 Å². The van der Waals surface area contributed by atoms with Crippen LogP contribution in [0.1, 0.15) is 54.2 Å². The number of fused-ring (bicyclic) bond motifs is 1. The molecule has 7 nitrogen and oxygen atoms in total. The highest BCUT2D eigenvalue weighted by molar-refractivity contribution is 6.16. The Morgan fingerprint density at radius 3 is 2.55 bits per heavy atom. The van der Waals surface area contributed by atoms with Crippen LogP contribution in [0.15, 0.2) is 64.0 Å². The number of carbonyl (C=O) groups is 1. The maximum absolute atomic E-state index is 13.1. The van der Waals surface area contributed by atoms with Gasteiger partial charge in [0.05, 0.1) is 5.71 Å². The number of Topliss-reactive ketones (excluding diaryl/α,β-unsaturated/α-hetero) is 1. The predicted molar refractivity (Wildman–Crippen MR) is 125 cm³/mol. The van der Waals surface area contributed by atoms with E-state index in [0.29, 0.717) is 23.6 Å². The Hall–Kier alpha value is -3.32. The summed E-state index contributed by atoms with van der Waals surface area (Å²) in [4.78, 5) is 17.9. The number of carbonyl (C=O) groups excluding carboxylic acids is 1. The second-order valence-electron chi connectivity index (χ2n) is 9.49. The van der Waals surface area contributed by atoms with Gasteiger partial charge in [0.25, 0.3) is 0 Å². The van der Waals surface area contributed by atoms with Gasteiger partial charge in [-0.1, -0.05) is 59.7 Å². The van der Waals surface area contributed by atoms with Crippen molar-refractivity contribution in [1.82, 2.24) is 15.5 Å². The van der Waals surface area contributed by atoms with Crippen LogP contribution in [0.4, 0.5) is 6.01 Å². The van der Waals surface area contributed by atoms with Crippen LogP contribution < -0.4 is 10.6 Å². The first-order chi connectivity index (χ1) is 16.2. The summed E-state index contributed by atoms with van der Waals surface area (Å²) >= 11 is 0. The highest BCUT2D eigenvalue weighted by Crippen LogP contribution is 2.55. The molecule has 1 unspecified atom stereocenters. The molecule has 1 atom stereocenters. The van der Waals surface area contributed by atoms with Crippen LogP contribution in [0.2, 0.25) is 0 Å². The van der Waals surface area contributed by atoms with E-state index >= 15 is 0 Å². The Morgan fingerprint density at radius 1 is 0.970 bits per heavy atom.